The Kier molecular flexibility index (Phi) is 6.00. The van der Waals surface area contributed by atoms with Crippen molar-refractivity contribution in [3.8, 4) is 0 Å². The summed E-state index contributed by atoms with van der Waals surface area (Å²) in [4.78, 5) is 0. The Labute approximate surface area is 183 Å². The maximum atomic E-state index is 12.6. The fourth-order valence-electron chi connectivity index (χ4n) is 6.77. The van der Waals surface area contributed by atoms with Crippen molar-refractivity contribution in [3.63, 3.8) is 0 Å². The minimum atomic E-state index is -1.74. The van der Waals surface area contributed by atoms with Crippen molar-refractivity contribution >= 4 is 9.93 Å². The molecule has 3 nitrogen and oxygen atoms in total. The predicted molar refractivity (Wildman–Crippen MR) is 107 cm³/mol. The van der Waals surface area contributed by atoms with Crippen molar-refractivity contribution in [1.29, 1.82) is 0 Å². The number of halogens is 1. The van der Waals surface area contributed by atoms with Crippen LogP contribution in [0.1, 0.15) is 46.0 Å². The molecule has 4 rings (SSSR count). The van der Waals surface area contributed by atoms with Gasteiger partial charge in [0.15, 0.2) is 0 Å². The summed E-state index contributed by atoms with van der Waals surface area (Å²) in [5, 5.41) is 0. The van der Waals surface area contributed by atoms with E-state index in [0.29, 0.717) is 23.7 Å². The molecule has 0 aromatic rings. The van der Waals surface area contributed by atoms with E-state index in [1.165, 1.54) is 18.4 Å². The van der Waals surface area contributed by atoms with E-state index in [4.69, 9.17) is 9.47 Å². The lowest BCUT2D eigenvalue weighted by molar-refractivity contribution is -0.0889. The highest BCUT2D eigenvalue weighted by molar-refractivity contribution is 8.01. The summed E-state index contributed by atoms with van der Waals surface area (Å²) >= 11 is 0. The number of ether oxygens (including phenoxy) is 2. The molecule has 0 aromatic carbocycles. The lowest BCUT2D eigenvalue weighted by atomic mass is 9.49. The van der Waals surface area contributed by atoms with Gasteiger partial charge in [-0.2, -0.15) is 0 Å². The Bertz CT molecular complexity index is 696. The molecular formula is C22H35IO3S. The number of methoxy groups -OCH3 is 1. The van der Waals surface area contributed by atoms with Crippen LogP contribution in [0.4, 0.5) is 0 Å². The normalized spacial score (nSPS) is 43.4. The highest BCUT2D eigenvalue weighted by Crippen LogP contribution is 2.62. The molecule has 0 N–H and O–H groups in total. The first-order valence-corrected chi connectivity index (χ1v) is 12.7. The molecule has 5 heteroatoms. The highest BCUT2D eigenvalue weighted by atomic mass is 127. The van der Waals surface area contributed by atoms with Gasteiger partial charge in [0.25, 0.3) is 0 Å². The van der Waals surface area contributed by atoms with Crippen LogP contribution < -0.4 is 24.0 Å². The lowest BCUT2D eigenvalue weighted by Crippen LogP contribution is -3.00. The van der Waals surface area contributed by atoms with Gasteiger partial charge in [0.1, 0.15) is 18.3 Å². The molecular weight excluding hydrogens is 471 g/mol. The maximum absolute atomic E-state index is 12.6. The van der Waals surface area contributed by atoms with Gasteiger partial charge >= 0.3 is 0 Å². The molecule has 2 fully saturated rings. The topological polar surface area (TPSA) is 35.5 Å². The van der Waals surface area contributed by atoms with Crippen LogP contribution in [0, 0.1) is 29.1 Å². The van der Waals surface area contributed by atoms with E-state index >= 15 is 0 Å². The van der Waals surface area contributed by atoms with Crippen molar-refractivity contribution in [2.45, 2.75) is 51.6 Å². The minimum absolute atomic E-state index is 0. The molecule has 3 unspecified atom stereocenters. The Morgan fingerprint density at radius 1 is 1.30 bits per heavy atom. The standard InChI is InChI=1S/C22H35O3S.HI/c1-21-10-8-17(24-3)12-16(21)6-7-18-19(21)9-11-22(2)20(18)15(13-25-22)14-26(4,5)23;/h6,12,15,18-20H,7-11,13-14H2,1-5H3;1H/q+1;/p-1/t15-,18?,19?,20?,21-,22-;/m0./s1. The predicted octanol–water partition coefficient (Wildman–Crippen LogP) is 1.46. The average molecular weight is 506 g/mol. The van der Waals surface area contributed by atoms with Gasteiger partial charge in [-0.05, 0) is 61.5 Å². The molecule has 0 bridgehead atoms. The Morgan fingerprint density at radius 2 is 2.04 bits per heavy atom. The molecule has 3 aliphatic carbocycles. The van der Waals surface area contributed by atoms with Crippen LogP contribution in [0.2, 0.25) is 0 Å². The first-order chi connectivity index (χ1) is 12.2. The monoisotopic (exact) mass is 506 g/mol. The molecule has 1 aliphatic heterocycles. The van der Waals surface area contributed by atoms with Crippen molar-refractivity contribution in [1.82, 2.24) is 0 Å². The molecule has 1 saturated heterocycles. The second-order valence-electron chi connectivity index (χ2n) is 9.95. The third-order valence-electron chi connectivity index (χ3n) is 7.94. The zero-order valence-corrected chi connectivity index (χ0v) is 20.4. The van der Waals surface area contributed by atoms with Gasteiger partial charge < -0.3 is 33.5 Å². The third kappa shape index (κ3) is 3.70. The van der Waals surface area contributed by atoms with Crippen LogP contribution in [-0.4, -0.2) is 37.6 Å². The maximum Gasteiger partial charge on any atom is 0.117 e. The smallest absolute Gasteiger partial charge is 0.117 e. The second-order valence-corrected chi connectivity index (χ2v) is 13.2. The summed E-state index contributed by atoms with van der Waals surface area (Å²) in [6.45, 7) is 5.60. The molecule has 6 atom stereocenters. The van der Waals surface area contributed by atoms with E-state index in [1.807, 2.05) is 12.5 Å². The van der Waals surface area contributed by atoms with Gasteiger partial charge in [-0.15, -0.1) is 4.21 Å². The van der Waals surface area contributed by atoms with Crippen LogP contribution in [-0.2, 0) is 23.6 Å². The van der Waals surface area contributed by atoms with Crippen molar-refractivity contribution in [2.24, 2.45) is 29.1 Å². The number of rotatable bonds is 3. The first-order valence-electron chi connectivity index (χ1n) is 10.2. The Balaban J connectivity index is 0.00000210. The summed E-state index contributed by atoms with van der Waals surface area (Å²) in [5.41, 5.74) is 1.75. The average Bonchev–Trinajstić information content (AvgIpc) is 2.89. The quantitative estimate of drug-likeness (QED) is 0.430. The molecule has 0 aromatic heterocycles. The number of allylic oxidation sites excluding steroid dienone is 4. The Morgan fingerprint density at radius 3 is 2.70 bits per heavy atom. The number of hydrogen-bond donors (Lipinski definition) is 0. The van der Waals surface area contributed by atoms with Crippen LogP contribution in [0.25, 0.3) is 0 Å². The van der Waals surface area contributed by atoms with Crippen molar-refractivity contribution in [3.05, 3.63) is 23.5 Å². The van der Waals surface area contributed by atoms with E-state index in [0.717, 1.165) is 37.4 Å². The fourth-order valence-corrected chi connectivity index (χ4v) is 8.10. The zero-order chi connectivity index (χ0) is 18.7. The van der Waals surface area contributed by atoms with E-state index in [2.05, 4.69) is 26.0 Å². The largest absolute Gasteiger partial charge is 1.00 e. The van der Waals surface area contributed by atoms with Gasteiger partial charge in [0, 0.05) is 18.3 Å². The molecule has 154 valence electrons. The summed E-state index contributed by atoms with van der Waals surface area (Å²) < 4.78 is 24.5. The first kappa shape index (κ1) is 21.8. The number of hydrogen-bond acceptors (Lipinski definition) is 3. The lowest BCUT2D eigenvalue weighted by Gasteiger charge is -2.56. The van der Waals surface area contributed by atoms with Gasteiger partial charge in [0.2, 0.25) is 0 Å². The summed E-state index contributed by atoms with van der Waals surface area (Å²) in [7, 11) is 0.0485. The van der Waals surface area contributed by atoms with Crippen molar-refractivity contribution < 1.29 is 37.7 Å². The van der Waals surface area contributed by atoms with Crippen LogP contribution >= 0.6 is 0 Å². The van der Waals surface area contributed by atoms with Crippen LogP contribution in [0.3, 0.4) is 0 Å². The fraction of sp³-hybridized carbons (Fsp3) is 0.818. The SMILES string of the molecule is COC1=CC2=CCC3C(CC[C@]4(C)OC[C@@H](C[S+](C)(C)=O)C34)[C@@]2(C)CC1.[I-]. The van der Waals surface area contributed by atoms with Crippen molar-refractivity contribution in [2.75, 3.05) is 32.0 Å². The molecule has 27 heavy (non-hydrogen) atoms. The van der Waals surface area contributed by atoms with Crippen LogP contribution in [0.15, 0.2) is 23.5 Å². The minimum Gasteiger partial charge on any atom is -1.00 e. The summed E-state index contributed by atoms with van der Waals surface area (Å²) in [5.74, 6) is 4.31. The summed E-state index contributed by atoms with van der Waals surface area (Å²) in [6.07, 6.45) is 14.4. The van der Waals surface area contributed by atoms with Gasteiger partial charge in [0.05, 0.1) is 35.0 Å². The van der Waals surface area contributed by atoms with Gasteiger partial charge in [-0.25, -0.2) is 0 Å². The highest BCUT2D eigenvalue weighted by Gasteiger charge is 2.60. The second kappa shape index (κ2) is 7.42. The van der Waals surface area contributed by atoms with E-state index in [-0.39, 0.29) is 35.0 Å². The van der Waals surface area contributed by atoms with Crippen LogP contribution in [0.5, 0.6) is 0 Å². The molecule has 4 aliphatic rings. The van der Waals surface area contributed by atoms with E-state index in [1.54, 1.807) is 7.11 Å². The zero-order valence-electron chi connectivity index (χ0n) is 17.4. The molecule has 0 amide bonds. The molecule has 1 saturated carbocycles. The Hall–Kier alpha value is 0.120. The summed E-state index contributed by atoms with van der Waals surface area (Å²) in [6, 6.07) is 0. The molecule has 0 radical (unpaired) electrons. The third-order valence-corrected chi connectivity index (χ3v) is 9.17. The van der Waals surface area contributed by atoms with Gasteiger partial charge in [-0.3, -0.25) is 0 Å². The molecule has 0 spiro atoms. The number of fused-ring (bicyclic) bond motifs is 5. The van der Waals surface area contributed by atoms with E-state index < -0.39 is 9.93 Å². The van der Waals surface area contributed by atoms with Gasteiger partial charge in [-0.1, -0.05) is 13.0 Å². The van der Waals surface area contributed by atoms with E-state index in [9.17, 15) is 4.21 Å². The molecule has 1 heterocycles.